The van der Waals surface area contributed by atoms with Crippen molar-refractivity contribution in [3.05, 3.63) is 59.7 Å². The number of hydrogen-bond acceptors (Lipinski definition) is 8. The van der Waals surface area contributed by atoms with Crippen LogP contribution in [0.25, 0.3) is 10.9 Å². The van der Waals surface area contributed by atoms with Gasteiger partial charge in [-0.25, -0.2) is 14.4 Å². The smallest absolute Gasteiger partial charge is 0.248 e. The summed E-state index contributed by atoms with van der Waals surface area (Å²) in [5, 5.41) is 6.66. The van der Waals surface area contributed by atoms with E-state index in [1.54, 1.807) is 25.3 Å². The second-order valence-corrected chi connectivity index (χ2v) is 8.75. The van der Waals surface area contributed by atoms with Crippen LogP contribution in [0.1, 0.15) is 6.42 Å². The van der Waals surface area contributed by atoms with E-state index in [4.69, 9.17) is 25.8 Å². The number of carbonyl (C=O) groups excluding carboxylic acids is 1. The summed E-state index contributed by atoms with van der Waals surface area (Å²) in [6, 6.07) is 7.76. The van der Waals surface area contributed by atoms with Crippen molar-refractivity contribution in [2.75, 3.05) is 63.8 Å². The van der Waals surface area contributed by atoms with E-state index in [0.29, 0.717) is 60.2 Å². The van der Waals surface area contributed by atoms with Gasteiger partial charge in [0.1, 0.15) is 30.3 Å². The summed E-state index contributed by atoms with van der Waals surface area (Å²) in [7, 11) is 1.58. The minimum absolute atomic E-state index is 0.00960. The van der Waals surface area contributed by atoms with Crippen molar-refractivity contribution in [3.8, 4) is 5.75 Å². The fourth-order valence-corrected chi connectivity index (χ4v) is 3.99. The number of anilines is 3. The van der Waals surface area contributed by atoms with Gasteiger partial charge in [-0.15, -0.1) is 0 Å². The van der Waals surface area contributed by atoms with Crippen molar-refractivity contribution in [2.24, 2.45) is 0 Å². The van der Waals surface area contributed by atoms with Gasteiger partial charge in [0, 0.05) is 56.6 Å². The van der Waals surface area contributed by atoms with Gasteiger partial charge in [-0.2, -0.15) is 0 Å². The maximum atomic E-state index is 13.6. The lowest BCUT2D eigenvalue weighted by molar-refractivity contribution is -0.111. The van der Waals surface area contributed by atoms with Gasteiger partial charge in [0.05, 0.1) is 29.4 Å². The summed E-state index contributed by atoms with van der Waals surface area (Å²) in [6.07, 6.45) is 5.73. The number of carbonyl (C=O) groups is 1. The van der Waals surface area contributed by atoms with Gasteiger partial charge in [-0.05, 0) is 30.7 Å². The first-order valence-corrected chi connectivity index (χ1v) is 12.3. The molecule has 37 heavy (non-hydrogen) atoms. The fourth-order valence-electron chi connectivity index (χ4n) is 3.81. The van der Waals surface area contributed by atoms with Crippen molar-refractivity contribution < 1.29 is 23.4 Å². The maximum absolute atomic E-state index is 13.6. The molecule has 0 atom stereocenters. The van der Waals surface area contributed by atoms with E-state index in [9.17, 15) is 9.18 Å². The van der Waals surface area contributed by atoms with Gasteiger partial charge in [0.25, 0.3) is 0 Å². The number of nitrogens with zero attached hydrogens (tertiary/aromatic N) is 3. The summed E-state index contributed by atoms with van der Waals surface area (Å²) in [5.74, 6) is 0.106. The number of ether oxygens (including phenoxy) is 3. The topological polar surface area (TPSA) is 97.8 Å². The lowest BCUT2D eigenvalue weighted by Gasteiger charge is -2.16. The normalized spacial score (nSPS) is 14.6. The van der Waals surface area contributed by atoms with E-state index in [1.807, 2.05) is 6.08 Å². The molecule has 1 aliphatic rings. The third-order valence-corrected chi connectivity index (χ3v) is 5.96. The maximum Gasteiger partial charge on any atom is 0.248 e. The molecule has 4 rings (SSSR count). The highest BCUT2D eigenvalue weighted by molar-refractivity contribution is 6.31. The summed E-state index contributed by atoms with van der Waals surface area (Å²) < 4.78 is 30.0. The molecule has 1 saturated heterocycles. The number of aromatic nitrogens is 2. The predicted molar refractivity (Wildman–Crippen MR) is 141 cm³/mol. The first kappa shape index (κ1) is 26.7. The molecule has 0 bridgehead atoms. The van der Waals surface area contributed by atoms with Crippen LogP contribution in [0.3, 0.4) is 0 Å². The molecule has 0 aliphatic carbocycles. The van der Waals surface area contributed by atoms with Crippen molar-refractivity contribution >= 4 is 45.6 Å². The van der Waals surface area contributed by atoms with E-state index < -0.39 is 5.82 Å². The number of hydrogen-bond donors (Lipinski definition) is 2. The number of methoxy groups -OCH3 is 1. The Balaban J connectivity index is 1.56. The van der Waals surface area contributed by atoms with Crippen LogP contribution >= 0.6 is 11.6 Å². The average molecular weight is 530 g/mol. The number of rotatable bonds is 10. The quantitative estimate of drug-likeness (QED) is 0.294. The summed E-state index contributed by atoms with van der Waals surface area (Å²) in [5.41, 5.74) is 1.60. The van der Waals surface area contributed by atoms with Crippen LogP contribution < -0.4 is 15.4 Å². The highest BCUT2D eigenvalue weighted by atomic mass is 35.5. The molecule has 2 heterocycles. The molecule has 2 N–H and O–H groups in total. The third-order valence-electron chi connectivity index (χ3n) is 5.67. The molecule has 1 aliphatic heterocycles. The number of benzene rings is 2. The third kappa shape index (κ3) is 7.59. The van der Waals surface area contributed by atoms with Gasteiger partial charge in [-0.3, -0.25) is 9.69 Å². The SMILES string of the molecule is COCCOc1cc2ncnc(Nc3ccc(F)c(Cl)c3)c2cc1NC(=O)/C=C/CN1CCCOCC1. The Bertz CT molecular complexity index is 1250. The molecule has 0 spiro atoms. The Morgan fingerprint density at radius 3 is 2.95 bits per heavy atom. The summed E-state index contributed by atoms with van der Waals surface area (Å²) in [4.78, 5) is 23.7. The van der Waals surface area contributed by atoms with E-state index in [2.05, 4.69) is 25.5 Å². The molecular weight excluding hydrogens is 501 g/mol. The number of halogens is 2. The Labute approximate surface area is 219 Å². The van der Waals surface area contributed by atoms with Gasteiger partial charge >= 0.3 is 0 Å². The number of nitrogens with one attached hydrogen (secondary N) is 2. The minimum atomic E-state index is -0.514. The molecule has 0 unspecified atom stereocenters. The molecule has 0 saturated carbocycles. The number of fused-ring (bicyclic) bond motifs is 1. The predicted octanol–water partition coefficient (Wildman–Crippen LogP) is 4.41. The highest BCUT2D eigenvalue weighted by Gasteiger charge is 2.14. The molecule has 196 valence electrons. The van der Waals surface area contributed by atoms with Crippen LogP contribution in [-0.4, -0.2) is 73.9 Å². The van der Waals surface area contributed by atoms with Crippen LogP contribution in [0, 0.1) is 5.82 Å². The van der Waals surface area contributed by atoms with E-state index >= 15 is 0 Å². The Morgan fingerprint density at radius 1 is 1.22 bits per heavy atom. The Hall–Kier alpha value is -3.31. The minimum Gasteiger partial charge on any atom is -0.489 e. The lowest BCUT2D eigenvalue weighted by atomic mass is 10.1. The molecule has 1 aromatic heterocycles. The van der Waals surface area contributed by atoms with E-state index in [-0.39, 0.29) is 10.9 Å². The van der Waals surface area contributed by atoms with Crippen molar-refractivity contribution in [1.29, 1.82) is 0 Å². The molecule has 3 aromatic rings. The zero-order valence-corrected chi connectivity index (χ0v) is 21.3. The molecule has 2 aromatic carbocycles. The van der Waals surface area contributed by atoms with Gasteiger partial charge in [0.15, 0.2) is 0 Å². The molecule has 1 amide bonds. The molecule has 11 heteroatoms. The second-order valence-electron chi connectivity index (χ2n) is 8.34. The van der Waals surface area contributed by atoms with E-state index in [1.165, 1.54) is 24.5 Å². The van der Waals surface area contributed by atoms with Gasteiger partial charge in [0.2, 0.25) is 5.91 Å². The summed E-state index contributed by atoms with van der Waals surface area (Å²) in [6.45, 7) is 4.57. The summed E-state index contributed by atoms with van der Waals surface area (Å²) >= 11 is 5.92. The van der Waals surface area contributed by atoms with Crippen molar-refractivity contribution in [1.82, 2.24) is 14.9 Å². The second kappa shape index (κ2) is 13.3. The fraction of sp³-hybridized carbons (Fsp3) is 0.346. The largest absolute Gasteiger partial charge is 0.489 e. The highest BCUT2D eigenvalue weighted by Crippen LogP contribution is 2.34. The monoisotopic (exact) mass is 529 g/mol. The van der Waals surface area contributed by atoms with Crippen LogP contribution in [0.4, 0.5) is 21.6 Å². The first-order chi connectivity index (χ1) is 18.0. The zero-order chi connectivity index (χ0) is 26.0. The average Bonchev–Trinajstić information content (AvgIpc) is 3.16. The molecule has 1 fully saturated rings. The first-order valence-electron chi connectivity index (χ1n) is 11.9. The van der Waals surface area contributed by atoms with Crippen LogP contribution in [0.5, 0.6) is 5.75 Å². The van der Waals surface area contributed by atoms with E-state index in [0.717, 1.165) is 26.1 Å². The molecule has 9 nitrogen and oxygen atoms in total. The van der Waals surface area contributed by atoms with Crippen LogP contribution in [0.15, 0.2) is 48.8 Å². The number of amides is 1. The molecular formula is C26H29ClFN5O4. The lowest BCUT2D eigenvalue weighted by Crippen LogP contribution is -2.26. The van der Waals surface area contributed by atoms with Crippen LogP contribution in [0.2, 0.25) is 5.02 Å². The Morgan fingerprint density at radius 2 is 2.11 bits per heavy atom. The van der Waals surface area contributed by atoms with Crippen LogP contribution in [-0.2, 0) is 14.3 Å². The van der Waals surface area contributed by atoms with Crippen molar-refractivity contribution in [2.45, 2.75) is 6.42 Å². The van der Waals surface area contributed by atoms with Crippen molar-refractivity contribution in [3.63, 3.8) is 0 Å². The zero-order valence-electron chi connectivity index (χ0n) is 20.5. The standard InChI is InChI=1S/C26H29ClFN5O4/c1-35-12-13-37-24-16-22-19(26(30-17-29-22)31-18-5-6-21(28)20(27)14-18)15-23(24)32-25(34)4-2-7-33-8-3-10-36-11-9-33/h2,4-6,14-17H,3,7-13H2,1H3,(H,32,34)(H,29,30,31)/b4-2+. The van der Waals surface area contributed by atoms with Gasteiger partial charge in [-0.1, -0.05) is 17.7 Å². The Kier molecular flexibility index (Phi) is 9.61. The molecule has 0 radical (unpaired) electrons. The van der Waals surface area contributed by atoms with Gasteiger partial charge < -0.3 is 24.8 Å².